The maximum absolute atomic E-state index is 12.0. The van der Waals surface area contributed by atoms with E-state index in [9.17, 15) is 9.59 Å². The van der Waals surface area contributed by atoms with Crippen molar-refractivity contribution in [2.24, 2.45) is 0 Å². The third kappa shape index (κ3) is 5.03. The van der Waals surface area contributed by atoms with Gasteiger partial charge in [-0.25, -0.2) is 0 Å². The largest absolute Gasteiger partial charge is 0.375 e. The van der Waals surface area contributed by atoms with Crippen LogP contribution in [-0.2, 0) is 20.7 Å². The average molecular weight is 333 g/mol. The monoisotopic (exact) mass is 333 g/mol. The van der Waals surface area contributed by atoms with Crippen LogP contribution in [0.15, 0.2) is 18.2 Å². The third-order valence-electron chi connectivity index (χ3n) is 4.38. The van der Waals surface area contributed by atoms with Crippen molar-refractivity contribution in [2.45, 2.75) is 31.6 Å². The van der Waals surface area contributed by atoms with Gasteiger partial charge in [0.25, 0.3) is 0 Å². The molecule has 6 heteroatoms. The van der Waals surface area contributed by atoms with Gasteiger partial charge in [-0.05, 0) is 31.4 Å². The van der Waals surface area contributed by atoms with Gasteiger partial charge in [-0.2, -0.15) is 0 Å². The lowest BCUT2D eigenvalue weighted by Gasteiger charge is -2.32. The number of amides is 2. The van der Waals surface area contributed by atoms with Gasteiger partial charge >= 0.3 is 0 Å². The molecule has 2 amide bonds. The third-order valence-corrected chi connectivity index (χ3v) is 4.38. The number of likely N-dealkylation sites (tertiary alicyclic amines) is 1. The van der Waals surface area contributed by atoms with E-state index in [1.54, 1.807) is 26.1 Å². The number of nitrogens with zero attached hydrogens (tertiary/aromatic N) is 3. The average Bonchev–Trinajstić information content (AvgIpc) is 2.60. The zero-order valence-electron chi connectivity index (χ0n) is 14.8. The molecule has 0 aliphatic carbocycles. The molecule has 0 saturated carbocycles. The zero-order chi connectivity index (χ0) is 17.5. The van der Waals surface area contributed by atoms with Crippen LogP contribution in [-0.4, -0.2) is 67.5 Å². The standard InChI is InChI=1S/C18H27N3O3/c1-20(2)17(22)10-9-15-7-4-8-16(19-15)14-6-5-11-21(12-14)18(23)13-24-3/h4,7-8,14H,5-6,9-13H2,1-3H3/t14-/m0/s1. The Morgan fingerprint density at radius 2 is 2.17 bits per heavy atom. The molecule has 132 valence electrons. The first-order valence-electron chi connectivity index (χ1n) is 8.44. The summed E-state index contributed by atoms with van der Waals surface area (Å²) in [5.74, 6) is 0.398. The fourth-order valence-corrected chi connectivity index (χ4v) is 2.98. The summed E-state index contributed by atoms with van der Waals surface area (Å²) in [6.45, 7) is 1.61. The van der Waals surface area contributed by atoms with Crippen LogP contribution in [0.2, 0.25) is 0 Å². The molecule has 0 N–H and O–H groups in total. The number of piperidine rings is 1. The molecule has 1 atom stereocenters. The number of hydrogen-bond acceptors (Lipinski definition) is 4. The van der Waals surface area contributed by atoms with E-state index >= 15 is 0 Å². The molecule has 0 spiro atoms. The lowest BCUT2D eigenvalue weighted by Crippen LogP contribution is -2.41. The van der Waals surface area contributed by atoms with Gasteiger partial charge in [0.2, 0.25) is 11.8 Å². The van der Waals surface area contributed by atoms with Gasteiger partial charge in [0.15, 0.2) is 0 Å². The highest BCUT2D eigenvalue weighted by Crippen LogP contribution is 2.26. The molecule has 1 aliphatic heterocycles. The molecular weight excluding hydrogens is 306 g/mol. The van der Waals surface area contributed by atoms with Gasteiger partial charge in [0.1, 0.15) is 6.61 Å². The molecule has 0 unspecified atom stereocenters. The topological polar surface area (TPSA) is 62.7 Å². The first kappa shape index (κ1) is 18.4. The summed E-state index contributed by atoms with van der Waals surface area (Å²) >= 11 is 0. The van der Waals surface area contributed by atoms with Gasteiger partial charge in [-0.3, -0.25) is 14.6 Å². The molecule has 0 aromatic carbocycles. The van der Waals surface area contributed by atoms with Crippen LogP contribution in [0.25, 0.3) is 0 Å². The summed E-state index contributed by atoms with van der Waals surface area (Å²) < 4.78 is 4.95. The summed E-state index contributed by atoms with van der Waals surface area (Å²) in [6, 6.07) is 5.98. The highest BCUT2D eigenvalue weighted by Gasteiger charge is 2.25. The predicted octanol–water partition coefficient (Wildman–Crippen LogP) is 1.45. The fourth-order valence-electron chi connectivity index (χ4n) is 2.98. The number of ether oxygens (including phenoxy) is 1. The Bertz CT molecular complexity index is 574. The van der Waals surface area contributed by atoms with Crippen LogP contribution in [0, 0.1) is 0 Å². The van der Waals surface area contributed by atoms with Crippen LogP contribution in [0.3, 0.4) is 0 Å². The SMILES string of the molecule is COCC(=O)N1CCC[C@H](c2cccc(CCC(=O)N(C)C)n2)C1. The normalized spacial score (nSPS) is 17.6. The van der Waals surface area contributed by atoms with Gasteiger partial charge in [0, 0.05) is 58.0 Å². The molecule has 1 saturated heterocycles. The van der Waals surface area contributed by atoms with E-state index in [4.69, 9.17) is 9.72 Å². The first-order chi connectivity index (χ1) is 11.5. The van der Waals surface area contributed by atoms with Crippen LogP contribution in [0.4, 0.5) is 0 Å². The van der Waals surface area contributed by atoms with Crippen molar-refractivity contribution in [3.8, 4) is 0 Å². The summed E-state index contributed by atoms with van der Waals surface area (Å²) in [6.07, 6.45) is 3.12. The lowest BCUT2D eigenvalue weighted by molar-refractivity contribution is -0.136. The molecule has 1 aromatic heterocycles. The first-order valence-corrected chi connectivity index (χ1v) is 8.44. The van der Waals surface area contributed by atoms with Crippen molar-refractivity contribution in [2.75, 3.05) is 40.9 Å². The zero-order valence-corrected chi connectivity index (χ0v) is 14.8. The molecule has 24 heavy (non-hydrogen) atoms. The molecule has 2 heterocycles. The molecule has 0 bridgehead atoms. The predicted molar refractivity (Wildman–Crippen MR) is 91.7 cm³/mol. The fraction of sp³-hybridized carbons (Fsp3) is 0.611. The Hall–Kier alpha value is -1.95. The molecule has 0 radical (unpaired) electrons. The van der Waals surface area contributed by atoms with Crippen LogP contribution >= 0.6 is 0 Å². The van der Waals surface area contributed by atoms with E-state index in [-0.39, 0.29) is 24.3 Å². The van der Waals surface area contributed by atoms with E-state index in [1.165, 1.54) is 0 Å². The molecular formula is C18H27N3O3. The van der Waals surface area contributed by atoms with E-state index in [0.717, 1.165) is 30.8 Å². The molecule has 6 nitrogen and oxygen atoms in total. The van der Waals surface area contributed by atoms with Crippen molar-refractivity contribution in [1.82, 2.24) is 14.8 Å². The van der Waals surface area contributed by atoms with Gasteiger partial charge < -0.3 is 14.5 Å². The Balaban J connectivity index is 1.99. The minimum atomic E-state index is 0.0370. The summed E-state index contributed by atoms with van der Waals surface area (Å²) in [7, 11) is 5.07. The minimum Gasteiger partial charge on any atom is -0.375 e. The molecule has 2 rings (SSSR count). The number of carbonyl (C=O) groups excluding carboxylic acids is 2. The van der Waals surface area contributed by atoms with E-state index in [1.807, 2.05) is 23.1 Å². The highest BCUT2D eigenvalue weighted by molar-refractivity contribution is 5.77. The number of methoxy groups -OCH3 is 1. The van der Waals surface area contributed by atoms with Crippen molar-refractivity contribution >= 4 is 11.8 Å². The summed E-state index contributed by atoms with van der Waals surface area (Å²) in [5.41, 5.74) is 1.95. The molecule has 1 aliphatic rings. The number of hydrogen-bond donors (Lipinski definition) is 0. The van der Waals surface area contributed by atoms with Crippen molar-refractivity contribution in [3.63, 3.8) is 0 Å². The summed E-state index contributed by atoms with van der Waals surface area (Å²) in [5, 5.41) is 0. The second kappa shape index (κ2) is 8.78. The number of rotatable bonds is 6. The number of aromatic nitrogens is 1. The van der Waals surface area contributed by atoms with Crippen molar-refractivity contribution in [3.05, 3.63) is 29.6 Å². The Kier molecular flexibility index (Phi) is 6.73. The maximum Gasteiger partial charge on any atom is 0.248 e. The number of aryl methyl sites for hydroxylation is 1. The highest BCUT2D eigenvalue weighted by atomic mass is 16.5. The van der Waals surface area contributed by atoms with E-state index in [2.05, 4.69) is 0 Å². The second-order valence-corrected chi connectivity index (χ2v) is 6.45. The second-order valence-electron chi connectivity index (χ2n) is 6.45. The molecule has 1 fully saturated rings. The van der Waals surface area contributed by atoms with Gasteiger partial charge in [0.05, 0.1) is 0 Å². The maximum atomic E-state index is 12.0. The van der Waals surface area contributed by atoms with Gasteiger partial charge in [-0.1, -0.05) is 6.07 Å². The lowest BCUT2D eigenvalue weighted by atomic mass is 9.94. The number of pyridine rings is 1. The van der Waals surface area contributed by atoms with Crippen LogP contribution < -0.4 is 0 Å². The van der Waals surface area contributed by atoms with E-state index < -0.39 is 0 Å². The molecule has 1 aromatic rings. The number of carbonyl (C=O) groups is 2. The Morgan fingerprint density at radius 3 is 2.88 bits per heavy atom. The minimum absolute atomic E-state index is 0.0370. The quantitative estimate of drug-likeness (QED) is 0.790. The van der Waals surface area contributed by atoms with Crippen molar-refractivity contribution < 1.29 is 14.3 Å². The Morgan fingerprint density at radius 1 is 1.38 bits per heavy atom. The Labute approximate surface area is 143 Å². The van der Waals surface area contributed by atoms with Crippen LogP contribution in [0.5, 0.6) is 0 Å². The van der Waals surface area contributed by atoms with Gasteiger partial charge in [-0.15, -0.1) is 0 Å². The smallest absolute Gasteiger partial charge is 0.248 e. The van der Waals surface area contributed by atoms with Crippen molar-refractivity contribution in [1.29, 1.82) is 0 Å². The van der Waals surface area contributed by atoms with E-state index in [0.29, 0.717) is 19.4 Å². The summed E-state index contributed by atoms with van der Waals surface area (Å²) in [4.78, 5) is 31.9. The van der Waals surface area contributed by atoms with Crippen LogP contribution in [0.1, 0.15) is 36.6 Å².